The fourth-order valence-corrected chi connectivity index (χ4v) is 4.43. The Bertz CT molecular complexity index is 1080. The van der Waals surface area contributed by atoms with Crippen molar-refractivity contribution in [2.24, 2.45) is 16.7 Å². The van der Waals surface area contributed by atoms with Crippen LogP contribution in [0.15, 0.2) is 82.8 Å². The number of hydrazone groups is 1. The summed E-state index contributed by atoms with van der Waals surface area (Å²) in [4.78, 5) is 25.7. The molecule has 35 heavy (non-hydrogen) atoms. The first-order valence-corrected chi connectivity index (χ1v) is 12.3. The third-order valence-electron chi connectivity index (χ3n) is 5.07. The lowest BCUT2D eigenvalue weighted by molar-refractivity contribution is -0.143. The number of hydrazine groups is 1. The van der Waals surface area contributed by atoms with E-state index in [2.05, 4.69) is 28.6 Å². The van der Waals surface area contributed by atoms with E-state index in [1.54, 1.807) is 6.92 Å². The maximum Gasteiger partial charge on any atom is 0.308 e. The van der Waals surface area contributed by atoms with Gasteiger partial charge in [0, 0.05) is 4.90 Å². The normalized spacial score (nSPS) is 14.1. The smallest absolute Gasteiger partial charge is 0.308 e. The van der Waals surface area contributed by atoms with Crippen molar-refractivity contribution in [2.75, 3.05) is 6.61 Å². The Morgan fingerprint density at radius 2 is 1.89 bits per heavy atom. The molecule has 1 atom stereocenters. The molecule has 0 fully saturated rings. The molecule has 0 heterocycles. The zero-order valence-electron chi connectivity index (χ0n) is 19.7. The number of hydrogen-bond donors (Lipinski definition) is 3. The van der Waals surface area contributed by atoms with Crippen molar-refractivity contribution in [3.8, 4) is 0 Å². The van der Waals surface area contributed by atoms with Crippen molar-refractivity contribution < 1.29 is 14.3 Å². The number of nitrogens with two attached hydrogens (primary N) is 2. The molecule has 0 radical (unpaired) electrons. The van der Waals surface area contributed by atoms with Crippen molar-refractivity contribution in [3.63, 3.8) is 0 Å². The molecular formula is C26H31N5O3S. The Morgan fingerprint density at radius 1 is 1.14 bits per heavy atom. The molecule has 3 rings (SSSR count). The number of ether oxygens (including phenoxy) is 1. The summed E-state index contributed by atoms with van der Waals surface area (Å²) < 4.78 is 5.07. The molecule has 2 aromatic carbocycles. The molecule has 1 unspecified atom stereocenters. The number of esters is 1. The minimum absolute atomic E-state index is 0.0243. The number of carbonyl (C=O) groups excluding carboxylic acids is 2. The molecule has 5 N–H and O–H groups in total. The van der Waals surface area contributed by atoms with Gasteiger partial charge in [-0.3, -0.25) is 9.59 Å². The Morgan fingerprint density at radius 3 is 2.54 bits per heavy atom. The summed E-state index contributed by atoms with van der Waals surface area (Å²) in [6.45, 7) is 2.28. The van der Waals surface area contributed by atoms with Gasteiger partial charge >= 0.3 is 5.97 Å². The van der Waals surface area contributed by atoms with Crippen LogP contribution in [-0.4, -0.2) is 34.8 Å². The van der Waals surface area contributed by atoms with Gasteiger partial charge in [-0.1, -0.05) is 60.7 Å². The number of carbonyl (C=O) groups is 2. The van der Waals surface area contributed by atoms with Gasteiger partial charge in [-0.05, 0) is 48.6 Å². The van der Waals surface area contributed by atoms with Crippen LogP contribution in [0.25, 0.3) is 5.57 Å². The van der Waals surface area contributed by atoms with Crippen LogP contribution in [0.3, 0.4) is 0 Å². The quantitative estimate of drug-likeness (QED) is 0.0879. The summed E-state index contributed by atoms with van der Waals surface area (Å²) in [6, 6.07) is 17.4. The molecule has 8 nitrogen and oxygen atoms in total. The van der Waals surface area contributed by atoms with Gasteiger partial charge in [0.05, 0.1) is 24.9 Å². The van der Waals surface area contributed by atoms with Crippen LogP contribution in [0.1, 0.15) is 37.3 Å². The molecule has 0 saturated carbocycles. The molecule has 1 amide bonds. The Balaban J connectivity index is 1.65. The van der Waals surface area contributed by atoms with Crippen LogP contribution < -0.4 is 16.9 Å². The van der Waals surface area contributed by atoms with Crippen molar-refractivity contribution in [2.45, 2.75) is 43.0 Å². The molecule has 0 bridgehead atoms. The number of nitrogens with one attached hydrogen (secondary N) is 1. The van der Waals surface area contributed by atoms with Gasteiger partial charge in [0.1, 0.15) is 0 Å². The van der Waals surface area contributed by atoms with E-state index in [1.165, 1.54) is 17.3 Å². The Labute approximate surface area is 210 Å². The van der Waals surface area contributed by atoms with E-state index in [4.69, 9.17) is 16.3 Å². The van der Waals surface area contributed by atoms with Crippen LogP contribution in [0.5, 0.6) is 0 Å². The predicted molar refractivity (Wildman–Crippen MR) is 140 cm³/mol. The van der Waals surface area contributed by atoms with Crippen LogP contribution in [0.4, 0.5) is 0 Å². The standard InChI is InChI=1S/C26H31N5O3S/c1-2-34-24(32)17-23(35-22-15-13-21(14-16-22)20-11-7-4-8-12-20)29-26(33)25(27)30-31(28)18-19-9-5-3-6-10-19/h3,5-7,9-16,23H,2,4,8,17-18,28H2,1H3,(H2,27,30)(H,29,33). The highest BCUT2D eigenvalue weighted by atomic mass is 32.2. The second kappa shape index (κ2) is 13.4. The summed E-state index contributed by atoms with van der Waals surface area (Å²) >= 11 is 1.34. The lowest BCUT2D eigenvalue weighted by atomic mass is 10.00. The predicted octanol–water partition coefficient (Wildman–Crippen LogP) is 3.56. The van der Waals surface area contributed by atoms with Crippen molar-refractivity contribution >= 4 is 35.0 Å². The molecule has 9 heteroatoms. The molecular weight excluding hydrogens is 462 g/mol. The van der Waals surface area contributed by atoms with E-state index >= 15 is 0 Å². The zero-order chi connectivity index (χ0) is 25.0. The summed E-state index contributed by atoms with van der Waals surface area (Å²) in [7, 11) is 0. The SMILES string of the molecule is CCOC(=O)CC(NC(=O)C(N)=NN(N)Cc1ccccc1)Sc1ccc(C2=CCCC=C2)cc1. The molecule has 184 valence electrons. The van der Waals surface area contributed by atoms with Gasteiger partial charge in [-0.2, -0.15) is 0 Å². The van der Waals surface area contributed by atoms with E-state index in [0.29, 0.717) is 0 Å². The van der Waals surface area contributed by atoms with E-state index in [1.807, 2.05) is 54.6 Å². The van der Waals surface area contributed by atoms with Gasteiger partial charge in [-0.15, -0.1) is 16.9 Å². The summed E-state index contributed by atoms with van der Waals surface area (Å²) in [5.74, 6) is 4.55. The van der Waals surface area contributed by atoms with E-state index < -0.39 is 17.3 Å². The van der Waals surface area contributed by atoms with Gasteiger partial charge in [0.2, 0.25) is 5.84 Å². The van der Waals surface area contributed by atoms with E-state index in [-0.39, 0.29) is 25.4 Å². The summed E-state index contributed by atoms with van der Waals surface area (Å²) in [5.41, 5.74) is 9.11. The number of amides is 1. The van der Waals surface area contributed by atoms with Gasteiger partial charge < -0.3 is 15.8 Å². The molecule has 2 aromatic rings. The van der Waals surface area contributed by atoms with Gasteiger partial charge in [-0.25, -0.2) is 11.0 Å². The zero-order valence-corrected chi connectivity index (χ0v) is 20.5. The van der Waals surface area contributed by atoms with Gasteiger partial charge in [0.15, 0.2) is 0 Å². The van der Waals surface area contributed by atoms with Crippen LogP contribution in [-0.2, 0) is 20.9 Å². The lowest BCUT2D eigenvalue weighted by Gasteiger charge is -2.19. The van der Waals surface area contributed by atoms with Crippen LogP contribution >= 0.6 is 11.8 Å². The van der Waals surface area contributed by atoms with E-state index in [9.17, 15) is 9.59 Å². The minimum atomic E-state index is -0.621. The molecule has 0 saturated heterocycles. The first kappa shape index (κ1) is 26.1. The monoisotopic (exact) mass is 493 g/mol. The fraction of sp³-hybridized carbons (Fsp3) is 0.269. The minimum Gasteiger partial charge on any atom is -0.466 e. The van der Waals surface area contributed by atoms with Crippen LogP contribution in [0.2, 0.25) is 0 Å². The largest absolute Gasteiger partial charge is 0.466 e. The number of rotatable bonds is 10. The van der Waals surface area contributed by atoms with E-state index in [0.717, 1.165) is 34.0 Å². The second-order valence-electron chi connectivity index (χ2n) is 7.82. The highest BCUT2D eigenvalue weighted by Crippen LogP contribution is 2.28. The molecule has 0 aliphatic heterocycles. The first-order valence-electron chi connectivity index (χ1n) is 11.4. The average molecular weight is 494 g/mol. The highest BCUT2D eigenvalue weighted by Gasteiger charge is 2.21. The highest BCUT2D eigenvalue weighted by molar-refractivity contribution is 8.00. The van der Waals surface area contributed by atoms with Crippen molar-refractivity contribution in [1.82, 2.24) is 10.4 Å². The Hall–Kier alpha value is -3.56. The van der Waals surface area contributed by atoms with Crippen LogP contribution in [0, 0.1) is 0 Å². The number of amidine groups is 1. The number of thioether (sulfide) groups is 1. The molecule has 0 spiro atoms. The first-order chi connectivity index (χ1) is 16.9. The maximum absolute atomic E-state index is 12.7. The topological polar surface area (TPSA) is 123 Å². The molecule has 0 aromatic heterocycles. The average Bonchev–Trinajstić information content (AvgIpc) is 2.85. The van der Waals surface area contributed by atoms with Gasteiger partial charge in [0.25, 0.3) is 5.91 Å². The molecule has 1 aliphatic carbocycles. The Kier molecular flexibility index (Phi) is 9.94. The third-order valence-corrected chi connectivity index (χ3v) is 6.18. The van der Waals surface area contributed by atoms with Crippen molar-refractivity contribution in [3.05, 3.63) is 84.0 Å². The van der Waals surface area contributed by atoms with Crippen molar-refractivity contribution in [1.29, 1.82) is 0 Å². The molecule has 1 aliphatic rings. The lowest BCUT2D eigenvalue weighted by Crippen LogP contribution is -2.43. The number of nitrogens with zero attached hydrogens (tertiary/aromatic N) is 2. The fourth-order valence-electron chi connectivity index (χ4n) is 3.42. The number of benzene rings is 2. The third kappa shape index (κ3) is 8.62. The maximum atomic E-state index is 12.7. The number of allylic oxidation sites excluding steroid dienone is 4. The summed E-state index contributed by atoms with van der Waals surface area (Å²) in [6.07, 6.45) is 8.57. The summed E-state index contributed by atoms with van der Waals surface area (Å²) in [5, 5.41) is 7.23. The number of hydrogen-bond acceptors (Lipinski definition) is 7. The second-order valence-corrected chi connectivity index (χ2v) is 9.10.